The number of nitrogens with zero attached hydrogens (tertiary/aromatic N) is 2. The van der Waals surface area contributed by atoms with Gasteiger partial charge in [0.15, 0.2) is 0 Å². The number of para-hydroxylation sites is 1. The summed E-state index contributed by atoms with van der Waals surface area (Å²) in [5.74, 6) is 1.99. The number of hydrogen-bond donors (Lipinski definition) is 2. The molecular formula is C21H23N3O3. The first kappa shape index (κ1) is 17.6. The molecule has 1 atom stereocenters. The summed E-state index contributed by atoms with van der Waals surface area (Å²) in [7, 11) is 1.66. The van der Waals surface area contributed by atoms with Gasteiger partial charge in [0.25, 0.3) is 0 Å². The zero-order valence-corrected chi connectivity index (χ0v) is 15.3. The van der Waals surface area contributed by atoms with E-state index in [0.29, 0.717) is 25.5 Å². The Morgan fingerprint density at radius 3 is 3.00 bits per heavy atom. The number of imidazole rings is 1. The molecule has 3 aromatic rings. The average Bonchev–Trinajstić information content (AvgIpc) is 3.20. The van der Waals surface area contributed by atoms with E-state index in [1.165, 1.54) is 0 Å². The third-order valence-electron chi connectivity index (χ3n) is 4.90. The first-order chi connectivity index (χ1) is 13.2. The molecule has 1 aliphatic rings. The summed E-state index contributed by atoms with van der Waals surface area (Å²) >= 11 is 0. The quantitative estimate of drug-likeness (QED) is 0.725. The number of rotatable bonds is 5. The molecule has 27 heavy (non-hydrogen) atoms. The highest BCUT2D eigenvalue weighted by molar-refractivity contribution is 5.60. The number of morpholine rings is 1. The van der Waals surface area contributed by atoms with Gasteiger partial charge in [-0.25, -0.2) is 4.98 Å². The molecule has 2 heterocycles. The summed E-state index contributed by atoms with van der Waals surface area (Å²) in [6.45, 7) is 2.68. The van der Waals surface area contributed by atoms with Crippen LogP contribution in [0.5, 0.6) is 11.5 Å². The van der Waals surface area contributed by atoms with Gasteiger partial charge in [-0.1, -0.05) is 30.3 Å². The van der Waals surface area contributed by atoms with Crippen molar-refractivity contribution in [2.75, 3.05) is 26.9 Å². The normalized spacial score (nSPS) is 17.7. The zero-order chi connectivity index (χ0) is 18.6. The van der Waals surface area contributed by atoms with Crippen LogP contribution in [0.1, 0.15) is 17.4 Å². The molecule has 2 N–H and O–H groups in total. The number of ether oxygens (including phenoxy) is 2. The minimum absolute atomic E-state index is 0.0118. The molecule has 0 spiro atoms. The summed E-state index contributed by atoms with van der Waals surface area (Å²) in [6, 6.07) is 15.3. The van der Waals surface area contributed by atoms with E-state index in [2.05, 4.69) is 14.9 Å². The molecule has 1 saturated heterocycles. The maximum atomic E-state index is 10.1. The Morgan fingerprint density at radius 2 is 2.15 bits per heavy atom. The van der Waals surface area contributed by atoms with Gasteiger partial charge in [-0.15, -0.1) is 0 Å². The number of methoxy groups -OCH3 is 1. The lowest BCUT2D eigenvalue weighted by molar-refractivity contribution is -0.0158. The van der Waals surface area contributed by atoms with Crippen LogP contribution in [0, 0.1) is 0 Å². The van der Waals surface area contributed by atoms with E-state index < -0.39 is 0 Å². The van der Waals surface area contributed by atoms with Gasteiger partial charge in [-0.05, 0) is 18.2 Å². The highest BCUT2D eigenvalue weighted by Crippen LogP contribution is 2.29. The molecular weight excluding hydrogens is 342 g/mol. The van der Waals surface area contributed by atoms with Crippen molar-refractivity contribution < 1.29 is 14.6 Å². The van der Waals surface area contributed by atoms with Crippen molar-refractivity contribution in [2.45, 2.75) is 12.6 Å². The molecule has 0 aliphatic carbocycles. The van der Waals surface area contributed by atoms with Crippen LogP contribution in [0.2, 0.25) is 0 Å². The Hall–Kier alpha value is -2.83. The second-order valence-corrected chi connectivity index (χ2v) is 6.60. The van der Waals surface area contributed by atoms with Crippen LogP contribution in [0.4, 0.5) is 0 Å². The second-order valence-electron chi connectivity index (χ2n) is 6.60. The Morgan fingerprint density at radius 1 is 1.26 bits per heavy atom. The van der Waals surface area contributed by atoms with E-state index in [1.807, 2.05) is 48.7 Å². The Bertz CT molecular complexity index is 909. The maximum absolute atomic E-state index is 10.1. The van der Waals surface area contributed by atoms with E-state index >= 15 is 0 Å². The van der Waals surface area contributed by atoms with Crippen LogP contribution in [-0.4, -0.2) is 46.8 Å². The number of aromatic nitrogens is 2. The van der Waals surface area contributed by atoms with E-state index in [4.69, 9.17) is 9.47 Å². The van der Waals surface area contributed by atoms with Gasteiger partial charge in [0.05, 0.1) is 38.3 Å². The Balaban J connectivity index is 1.57. The van der Waals surface area contributed by atoms with Crippen molar-refractivity contribution in [3.8, 4) is 22.8 Å². The largest absolute Gasteiger partial charge is 0.508 e. The number of nitrogens with one attached hydrogen (secondary N) is 1. The summed E-state index contributed by atoms with van der Waals surface area (Å²) < 4.78 is 11.0. The van der Waals surface area contributed by atoms with E-state index in [-0.39, 0.29) is 6.04 Å². The predicted molar refractivity (Wildman–Crippen MR) is 103 cm³/mol. The van der Waals surface area contributed by atoms with E-state index in [1.54, 1.807) is 13.2 Å². The van der Waals surface area contributed by atoms with Crippen LogP contribution in [0.15, 0.2) is 54.7 Å². The highest BCUT2D eigenvalue weighted by Gasteiger charge is 2.27. The summed E-state index contributed by atoms with van der Waals surface area (Å²) in [4.78, 5) is 10.3. The predicted octanol–water partition coefficient (Wildman–Crippen LogP) is 3.36. The molecule has 0 amide bonds. The number of aromatic amines is 1. The molecule has 0 bridgehead atoms. The van der Waals surface area contributed by atoms with Gasteiger partial charge in [0, 0.05) is 24.2 Å². The van der Waals surface area contributed by atoms with Crippen LogP contribution >= 0.6 is 0 Å². The highest BCUT2D eigenvalue weighted by atomic mass is 16.5. The van der Waals surface area contributed by atoms with Crippen LogP contribution in [0.25, 0.3) is 11.3 Å². The van der Waals surface area contributed by atoms with Gasteiger partial charge >= 0.3 is 0 Å². The fraction of sp³-hybridized carbons (Fsp3) is 0.286. The average molecular weight is 365 g/mol. The summed E-state index contributed by atoms with van der Waals surface area (Å²) in [6.07, 6.45) is 1.84. The molecule has 140 valence electrons. The lowest BCUT2D eigenvalue weighted by Gasteiger charge is -2.34. The van der Waals surface area contributed by atoms with Gasteiger partial charge in [-0.2, -0.15) is 0 Å². The summed E-state index contributed by atoms with van der Waals surface area (Å²) in [5, 5.41) is 10.1. The fourth-order valence-corrected chi connectivity index (χ4v) is 3.39. The lowest BCUT2D eigenvalue weighted by Crippen LogP contribution is -2.39. The van der Waals surface area contributed by atoms with Gasteiger partial charge in [-0.3, -0.25) is 4.90 Å². The monoisotopic (exact) mass is 365 g/mol. The van der Waals surface area contributed by atoms with Crippen molar-refractivity contribution in [3.63, 3.8) is 0 Å². The SMILES string of the molecule is COc1cccc(-c2cnc([C@@H]3COCCN3Cc3ccccc3O)[nH]2)c1. The maximum Gasteiger partial charge on any atom is 0.126 e. The van der Waals surface area contributed by atoms with Crippen molar-refractivity contribution >= 4 is 0 Å². The van der Waals surface area contributed by atoms with Gasteiger partial charge in [0.2, 0.25) is 0 Å². The van der Waals surface area contributed by atoms with E-state index in [0.717, 1.165) is 34.9 Å². The molecule has 0 radical (unpaired) electrons. The minimum atomic E-state index is 0.0118. The molecule has 6 heteroatoms. The van der Waals surface area contributed by atoms with E-state index in [9.17, 15) is 5.11 Å². The van der Waals surface area contributed by atoms with Crippen molar-refractivity contribution in [2.24, 2.45) is 0 Å². The van der Waals surface area contributed by atoms with Crippen molar-refractivity contribution in [3.05, 3.63) is 66.1 Å². The first-order valence-corrected chi connectivity index (χ1v) is 9.02. The van der Waals surface area contributed by atoms with Gasteiger partial charge < -0.3 is 19.6 Å². The Kier molecular flexibility index (Phi) is 5.09. The number of aromatic hydroxyl groups is 1. The minimum Gasteiger partial charge on any atom is -0.508 e. The number of phenolic OH excluding ortho intramolecular Hbond substituents is 1. The lowest BCUT2D eigenvalue weighted by atomic mass is 10.1. The fourth-order valence-electron chi connectivity index (χ4n) is 3.39. The summed E-state index contributed by atoms with van der Waals surface area (Å²) in [5.41, 5.74) is 2.87. The second kappa shape index (κ2) is 7.82. The van der Waals surface area contributed by atoms with Gasteiger partial charge in [0.1, 0.15) is 17.3 Å². The third kappa shape index (κ3) is 3.82. The molecule has 0 unspecified atom stereocenters. The third-order valence-corrected chi connectivity index (χ3v) is 4.90. The molecule has 1 aliphatic heterocycles. The number of hydrogen-bond acceptors (Lipinski definition) is 5. The van der Waals surface area contributed by atoms with Crippen molar-refractivity contribution in [1.82, 2.24) is 14.9 Å². The van der Waals surface area contributed by atoms with Crippen molar-refractivity contribution in [1.29, 1.82) is 0 Å². The van der Waals surface area contributed by atoms with Crippen LogP contribution < -0.4 is 4.74 Å². The van der Waals surface area contributed by atoms with Crippen LogP contribution in [0.3, 0.4) is 0 Å². The topological polar surface area (TPSA) is 70.6 Å². The van der Waals surface area contributed by atoms with Crippen LogP contribution in [-0.2, 0) is 11.3 Å². The number of benzene rings is 2. The standard InChI is InChI=1S/C21H23N3O3/c1-26-17-7-4-6-15(11-17)18-12-22-21(23-18)19-14-27-10-9-24(19)13-16-5-2-3-8-20(16)25/h2-8,11-12,19,25H,9-10,13-14H2,1H3,(H,22,23)/t19-/m0/s1. The molecule has 1 fully saturated rings. The number of H-pyrrole nitrogens is 1. The smallest absolute Gasteiger partial charge is 0.126 e. The zero-order valence-electron chi connectivity index (χ0n) is 15.3. The first-order valence-electron chi connectivity index (χ1n) is 9.02. The molecule has 0 saturated carbocycles. The molecule has 4 rings (SSSR count). The molecule has 2 aromatic carbocycles. The molecule has 1 aromatic heterocycles. The number of phenols is 1. The molecule has 6 nitrogen and oxygen atoms in total. The Labute approximate surface area is 158 Å².